The summed E-state index contributed by atoms with van der Waals surface area (Å²) in [6.45, 7) is 3.89. The standard InChI is InChI=1S/C19H17N3O2S/c1-11-5-3-6-13(9-11)22-19-17(12(2)21-22)14(10-16(23)20-19)18(24)15-7-4-8-25-15/h3-9,14H,10H2,1-2H3,(H,20,23). The highest BCUT2D eigenvalue weighted by molar-refractivity contribution is 7.12. The van der Waals surface area contributed by atoms with Crippen molar-refractivity contribution in [2.24, 2.45) is 0 Å². The first-order valence-corrected chi connectivity index (χ1v) is 8.96. The lowest BCUT2D eigenvalue weighted by molar-refractivity contribution is -0.116. The quantitative estimate of drug-likeness (QED) is 0.729. The van der Waals surface area contributed by atoms with Crippen LogP contribution >= 0.6 is 11.3 Å². The monoisotopic (exact) mass is 351 g/mol. The minimum Gasteiger partial charge on any atom is -0.310 e. The number of nitrogens with one attached hydrogen (secondary N) is 1. The van der Waals surface area contributed by atoms with E-state index in [1.165, 1.54) is 11.3 Å². The lowest BCUT2D eigenvalue weighted by Gasteiger charge is -2.22. The van der Waals surface area contributed by atoms with Crippen LogP contribution in [-0.4, -0.2) is 21.5 Å². The molecule has 1 N–H and O–H groups in total. The van der Waals surface area contributed by atoms with E-state index in [1.54, 1.807) is 10.7 Å². The smallest absolute Gasteiger partial charge is 0.226 e. The van der Waals surface area contributed by atoms with Gasteiger partial charge in [-0.15, -0.1) is 11.3 Å². The number of nitrogens with zero attached hydrogens (tertiary/aromatic N) is 2. The molecule has 3 aromatic rings. The van der Waals surface area contributed by atoms with Gasteiger partial charge in [0.1, 0.15) is 5.82 Å². The van der Waals surface area contributed by atoms with Crippen molar-refractivity contribution < 1.29 is 9.59 Å². The SMILES string of the molecule is Cc1cccc(-n2nc(C)c3c2NC(=O)CC3C(=O)c2cccs2)c1. The zero-order chi connectivity index (χ0) is 17.6. The van der Waals surface area contributed by atoms with Crippen molar-refractivity contribution in [3.63, 3.8) is 0 Å². The predicted octanol–water partition coefficient (Wildman–Crippen LogP) is 3.86. The molecule has 1 aliphatic rings. The molecular formula is C19H17N3O2S. The Balaban J connectivity index is 1.85. The molecule has 5 nitrogen and oxygen atoms in total. The number of amides is 1. The van der Waals surface area contributed by atoms with Crippen molar-refractivity contribution in [2.45, 2.75) is 26.2 Å². The number of fused-ring (bicyclic) bond motifs is 1. The molecule has 3 heterocycles. The lowest BCUT2D eigenvalue weighted by atomic mass is 9.87. The minimum absolute atomic E-state index is 0.0157. The first kappa shape index (κ1) is 15.8. The Hall–Kier alpha value is -2.73. The highest BCUT2D eigenvalue weighted by atomic mass is 32.1. The number of hydrogen-bond acceptors (Lipinski definition) is 4. The molecule has 0 saturated carbocycles. The van der Waals surface area contributed by atoms with Crippen LogP contribution in [0.5, 0.6) is 0 Å². The van der Waals surface area contributed by atoms with E-state index >= 15 is 0 Å². The molecule has 0 radical (unpaired) electrons. The summed E-state index contributed by atoms with van der Waals surface area (Å²) in [6.07, 6.45) is 0.157. The van der Waals surface area contributed by atoms with Crippen LogP contribution in [0.25, 0.3) is 5.69 Å². The van der Waals surface area contributed by atoms with E-state index in [4.69, 9.17) is 0 Å². The number of aromatic nitrogens is 2. The van der Waals surface area contributed by atoms with E-state index in [2.05, 4.69) is 10.4 Å². The third-order valence-electron chi connectivity index (χ3n) is 4.43. The predicted molar refractivity (Wildman–Crippen MR) is 97.7 cm³/mol. The van der Waals surface area contributed by atoms with Gasteiger partial charge in [-0.2, -0.15) is 5.10 Å². The average molecular weight is 351 g/mol. The maximum absolute atomic E-state index is 12.9. The van der Waals surface area contributed by atoms with Crippen molar-refractivity contribution in [1.29, 1.82) is 0 Å². The summed E-state index contributed by atoms with van der Waals surface area (Å²) in [5, 5.41) is 9.39. The molecule has 4 rings (SSSR count). The molecule has 6 heteroatoms. The molecular weight excluding hydrogens is 334 g/mol. The van der Waals surface area contributed by atoms with Gasteiger partial charge in [-0.05, 0) is 43.0 Å². The molecule has 1 atom stereocenters. The number of rotatable bonds is 3. The van der Waals surface area contributed by atoms with Crippen LogP contribution in [0.1, 0.15) is 38.8 Å². The van der Waals surface area contributed by atoms with Gasteiger partial charge in [0.25, 0.3) is 0 Å². The molecule has 126 valence electrons. The summed E-state index contributed by atoms with van der Waals surface area (Å²) in [4.78, 5) is 25.9. The normalized spacial score (nSPS) is 16.4. The molecule has 0 fully saturated rings. The number of hydrogen-bond donors (Lipinski definition) is 1. The largest absolute Gasteiger partial charge is 0.310 e. The highest BCUT2D eigenvalue weighted by Gasteiger charge is 2.36. The van der Waals surface area contributed by atoms with Gasteiger partial charge in [-0.3, -0.25) is 9.59 Å². The topological polar surface area (TPSA) is 64.0 Å². The molecule has 1 aromatic carbocycles. The van der Waals surface area contributed by atoms with E-state index < -0.39 is 5.92 Å². The Kier molecular flexibility index (Phi) is 3.77. The lowest BCUT2D eigenvalue weighted by Crippen LogP contribution is -2.28. The number of carbonyl (C=O) groups excluding carboxylic acids is 2. The van der Waals surface area contributed by atoms with E-state index in [1.807, 2.05) is 49.6 Å². The molecule has 0 aliphatic carbocycles. The van der Waals surface area contributed by atoms with Crippen molar-refractivity contribution in [3.8, 4) is 5.69 Å². The Bertz CT molecular complexity index is 973. The number of carbonyl (C=O) groups is 2. The first-order valence-electron chi connectivity index (χ1n) is 8.08. The van der Waals surface area contributed by atoms with Crippen molar-refractivity contribution >= 4 is 28.8 Å². The molecule has 1 aliphatic heterocycles. The number of aryl methyl sites for hydroxylation is 2. The second-order valence-electron chi connectivity index (χ2n) is 6.24. The number of benzene rings is 1. The van der Waals surface area contributed by atoms with Gasteiger partial charge in [-0.25, -0.2) is 4.68 Å². The summed E-state index contributed by atoms with van der Waals surface area (Å²) >= 11 is 1.40. The summed E-state index contributed by atoms with van der Waals surface area (Å²) in [6, 6.07) is 11.6. The van der Waals surface area contributed by atoms with Crippen LogP contribution < -0.4 is 5.32 Å². The van der Waals surface area contributed by atoms with E-state index in [0.717, 1.165) is 22.5 Å². The summed E-state index contributed by atoms with van der Waals surface area (Å²) in [5.41, 5.74) is 3.56. The summed E-state index contributed by atoms with van der Waals surface area (Å²) in [5.74, 6) is -0.0515. The molecule has 0 spiro atoms. The number of thiophene rings is 1. The van der Waals surface area contributed by atoms with Gasteiger partial charge >= 0.3 is 0 Å². The zero-order valence-corrected chi connectivity index (χ0v) is 14.8. The van der Waals surface area contributed by atoms with Gasteiger partial charge in [0.2, 0.25) is 5.91 Å². The fraction of sp³-hybridized carbons (Fsp3) is 0.211. The van der Waals surface area contributed by atoms with Gasteiger partial charge < -0.3 is 5.32 Å². The maximum Gasteiger partial charge on any atom is 0.226 e. The summed E-state index contributed by atoms with van der Waals surface area (Å²) in [7, 11) is 0. The van der Waals surface area contributed by atoms with Crippen LogP contribution in [0.2, 0.25) is 0 Å². The Morgan fingerprint density at radius 1 is 1.28 bits per heavy atom. The first-order chi connectivity index (χ1) is 12.0. The highest BCUT2D eigenvalue weighted by Crippen LogP contribution is 2.38. The number of anilines is 1. The van der Waals surface area contributed by atoms with Crippen molar-refractivity contribution in [1.82, 2.24) is 9.78 Å². The van der Waals surface area contributed by atoms with Gasteiger partial charge in [0.15, 0.2) is 5.78 Å². The van der Waals surface area contributed by atoms with E-state index in [0.29, 0.717) is 10.7 Å². The van der Waals surface area contributed by atoms with Crippen LogP contribution in [-0.2, 0) is 4.79 Å². The third-order valence-corrected chi connectivity index (χ3v) is 5.31. The van der Waals surface area contributed by atoms with E-state index in [9.17, 15) is 9.59 Å². The second-order valence-corrected chi connectivity index (χ2v) is 7.19. The third kappa shape index (κ3) is 2.68. The second kappa shape index (κ2) is 5.97. The fourth-order valence-corrected chi connectivity index (χ4v) is 4.03. The summed E-state index contributed by atoms with van der Waals surface area (Å²) < 4.78 is 1.73. The van der Waals surface area contributed by atoms with Crippen molar-refractivity contribution in [3.05, 3.63) is 63.5 Å². The Morgan fingerprint density at radius 3 is 2.84 bits per heavy atom. The molecule has 25 heavy (non-hydrogen) atoms. The van der Waals surface area contributed by atoms with Crippen molar-refractivity contribution in [2.75, 3.05) is 5.32 Å². The fourth-order valence-electron chi connectivity index (χ4n) is 3.31. The number of Topliss-reactive ketones (excluding diaryl/α,β-unsaturated/α-hetero) is 1. The van der Waals surface area contributed by atoms with Gasteiger partial charge in [-0.1, -0.05) is 18.2 Å². The minimum atomic E-state index is -0.485. The molecule has 2 aromatic heterocycles. The Labute approximate surface area is 149 Å². The zero-order valence-electron chi connectivity index (χ0n) is 13.9. The molecule has 1 amide bonds. The number of ketones is 1. The van der Waals surface area contributed by atoms with Crippen LogP contribution in [0, 0.1) is 13.8 Å². The molecule has 1 unspecified atom stereocenters. The van der Waals surface area contributed by atoms with Crippen LogP contribution in [0.15, 0.2) is 41.8 Å². The van der Waals surface area contributed by atoms with Crippen LogP contribution in [0.3, 0.4) is 0 Å². The maximum atomic E-state index is 12.9. The van der Waals surface area contributed by atoms with Gasteiger partial charge in [0.05, 0.1) is 22.2 Å². The average Bonchev–Trinajstić information content (AvgIpc) is 3.22. The van der Waals surface area contributed by atoms with Gasteiger partial charge in [0, 0.05) is 12.0 Å². The molecule has 0 bridgehead atoms. The van der Waals surface area contributed by atoms with Crippen LogP contribution in [0.4, 0.5) is 5.82 Å². The van der Waals surface area contributed by atoms with E-state index in [-0.39, 0.29) is 18.1 Å². The molecule has 0 saturated heterocycles. The Morgan fingerprint density at radius 2 is 2.12 bits per heavy atom.